The number of nitrogens with zero attached hydrogens (tertiary/aromatic N) is 2. The van der Waals surface area contributed by atoms with E-state index in [-0.39, 0.29) is 4.88 Å². The van der Waals surface area contributed by atoms with E-state index < -0.39 is 5.97 Å². The molecule has 5 nitrogen and oxygen atoms in total. The Morgan fingerprint density at radius 1 is 1.40 bits per heavy atom. The minimum atomic E-state index is -0.971. The Labute approximate surface area is 89.4 Å². The minimum absolute atomic E-state index is 0.202. The number of carbonyl (C=O) groups is 1. The van der Waals surface area contributed by atoms with Gasteiger partial charge in [-0.2, -0.15) is 0 Å². The minimum Gasteiger partial charge on any atom is -0.477 e. The van der Waals surface area contributed by atoms with Crippen LogP contribution in [0.1, 0.15) is 9.67 Å². The second-order valence-electron chi connectivity index (χ2n) is 2.67. The lowest BCUT2D eigenvalue weighted by Gasteiger charge is -1.98. The predicted molar refractivity (Wildman–Crippen MR) is 56.6 cm³/mol. The van der Waals surface area contributed by atoms with Gasteiger partial charge in [0.1, 0.15) is 10.7 Å². The van der Waals surface area contributed by atoms with Crippen molar-refractivity contribution in [2.45, 2.75) is 0 Å². The van der Waals surface area contributed by atoms with E-state index in [9.17, 15) is 4.79 Å². The Morgan fingerprint density at radius 3 is 2.87 bits per heavy atom. The van der Waals surface area contributed by atoms with Crippen molar-refractivity contribution in [3.63, 3.8) is 0 Å². The summed E-state index contributed by atoms with van der Waals surface area (Å²) in [6.07, 6.45) is 2.96. The first kappa shape index (κ1) is 9.60. The molecule has 0 aliphatic carbocycles. The molecule has 2 rings (SSSR count). The highest BCUT2D eigenvalue weighted by atomic mass is 32.1. The van der Waals surface area contributed by atoms with Crippen molar-refractivity contribution in [1.82, 2.24) is 9.97 Å². The summed E-state index contributed by atoms with van der Waals surface area (Å²) in [4.78, 5) is 18.8. The van der Waals surface area contributed by atoms with Gasteiger partial charge in [0, 0.05) is 6.20 Å². The van der Waals surface area contributed by atoms with Gasteiger partial charge in [0.25, 0.3) is 0 Å². The summed E-state index contributed by atoms with van der Waals surface area (Å²) in [5.41, 5.74) is 0. The van der Waals surface area contributed by atoms with Crippen LogP contribution in [-0.4, -0.2) is 21.0 Å². The molecule has 2 aromatic rings. The summed E-state index contributed by atoms with van der Waals surface area (Å²) in [6, 6.07) is 5.42. The van der Waals surface area contributed by atoms with Gasteiger partial charge >= 0.3 is 5.97 Å². The fourth-order valence-electron chi connectivity index (χ4n) is 0.977. The number of aromatic carboxylic acids is 1. The van der Waals surface area contributed by atoms with Crippen LogP contribution in [0.15, 0.2) is 30.6 Å². The smallest absolute Gasteiger partial charge is 0.347 e. The number of nitrogens with one attached hydrogen (secondary N) is 1. The monoisotopic (exact) mass is 221 g/mol. The fourth-order valence-corrected chi connectivity index (χ4v) is 1.64. The van der Waals surface area contributed by atoms with Crippen molar-refractivity contribution < 1.29 is 9.90 Å². The zero-order valence-electron chi connectivity index (χ0n) is 7.54. The van der Waals surface area contributed by atoms with Crippen molar-refractivity contribution in [2.75, 3.05) is 5.32 Å². The Balaban J connectivity index is 2.15. The number of carboxylic acids is 1. The number of hydrogen-bond acceptors (Lipinski definition) is 5. The number of thiazole rings is 1. The fraction of sp³-hybridized carbons (Fsp3) is 0. The first-order chi connectivity index (χ1) is 7.25. The molecule has 0 atom stereocenters. The summed E-state index contributed by atoms with van der Waals surface area (Å²) in [5, 5.41) is 12.1. The summed E-state index contributed by atoms with van der Waals surface area (Å²) in [5.74, 6) is -0.328. The number of carboxylic acid groups (broad SMARTS) is 1. The molecule has 0 amide bonds. The van der Waals surface area contributed by atoms with Crippen LogP contribution in [0.2, 0.25) is 0 Å². The molecule has 2 aromatic heterocycles. The van der Waals surface area contributed by atoms with Gasteiger partial charge in [-0.25, -0.2) is 14.8 Å². The number of rotatable bonds is 3. The first-order valence-electron chi connectivity index (χ1n) is 4.13. The number of hydrogen-bond donors (Lipinski definition) is 2. The lowest BCUT2D eigenvalue weighted by molar-refractivity contribution is 0.0702. The van der Waals surface area contributed by atoms with Gasteiger partial charge < -0.3 is 10.4 Å². The molecular formula is C9H7N3O2S. The highest BCUT2D eigenvalue weighted by Crippen LogP contribution is 2.20. The van der Waals surface area contributed by atoms with Crippen LogP contribution in [0, 0.1) is 0 Å². The third-order valence-corrected chi connectivity index (χ3v) is 2.52. The second-order valence-corrected chi connectivity index (χ2v) is 3.71. The van der Waals surface area contributed by atoms with Gasteiger partial charge in [0.2, 0.25) is 0 Å². The normalized spacial score (nSPS) is 9.87. The molecule has 0 saturated carbocycles. The quantitative estimate of drug-likeness (QED) is 0.828. The molecule has 2 heterocycles. The average Bonchev–Trinajstić information content (AvgIpc) is 2.68. The molecule has 6 heteroatoms. The topological polar surface area (TPSA) is 75.1 Å². The number of anilines is 2. The molecule has 15 heavy (non-hydrogen) atoms. The van der Waals surface area contributed by atoms with Crippen molar-refractivity contribution >= 4 is 28.3 Å². The maximum absolute atomic E-state index is 10.6. The third kappa shape index (κ3) is 2.29. The lowest BCUT2D eigenvalue weighted by atomic mass is 10.5. The van der Waals surface area contributed by atoms with E-state index in [0.717, 1.165) is 11.3 Å². The van der Waals surface area contributed by atoms with Crippen LogP contribution in [-0.2, 0) is 0 Å². The Morgan fingerprint density at radius 2 is 2.27 bits per heavy atom. The average molecular weight is 221 g/mol. The van der Waals surface area contributed by atoms with Crippen LogP contribution in [0.3, 0.4) is 0 Å². The van der Waals surface area contributed by atoms with E-state index in [0.29, 0.717) is 10.9 Å². The maximum atomic E-state index is 10.6. The predicted octanol–water partition coefficient (Wildman–Crippen LogP) is 1.98. The standard InChI is InChI=1S/C9H7N3O2S/c13-8(14)6-5-11-9(15-6)12-7-3-1-2-4-10-7/h1-5H,(H,13,14)(H,10,11,12). The summed E-state index contributed by atoms with van der Waals surface area (Å²) in [7, 11) is 0. The lowest BCUT2D eigenvalue weighted by Crippen LogP contribution is -1.91. The van der Waals surface area contributed by atoms with E-state index in [1.165, 1.54) is 6.20 Å². The molecule has 0 spiro atoms. The molecule has 0 saturated heterocycles. The van der Waals surface area contributed by atoms with E-state index >= 15 is 0 Å². The molecule has 0 fully saturated rings. The number of aromatic nitrogens is 2. The van der Waals surface area contributed by atoms with Gasteiger partial charge in [-0.1, -0.05) is 17.4 Å². The SMILES string of the molecule is O=C(O)c1cnc(Nc2ccccn2)s1. The zero-order valence-corrected chi connectivity index (χ0v) is 8.36. The van der Waals surface area contributed by atoms with Crippen LogP contribution in [0.25, 0.3) is 0 Å². The zero-order chi connectivity index (χ0) is 10.7. The Hall–Kier alpha value is -1.95. The van der Waals surface area contributed by atoms with Gasteiger partial charge in [0.05, 0.1) is 6.20 Å². The molecule has 0 bridgehead atoms. The Bertz CT molecular complexity index is 469. The summed E-state index contributed by atoms with van der Waals surface area (Å²) in [6.45, 7) is 0. The van der Waals surface area contributed by atoms with Crippen LogP contribution >= 0.6 is 11.3 Å². The molecule has 0 aliphatic heterocycles. The van der Waals surface area contributed by atoms with Crippen molar-refractivity contribution in [2.24, 2.45) is 0 Å². The molecule has 0 radical (unpaired) electrons. The van der Waals surface area contributed by atoms with Crippen LogP contribution < -0.4 is 5.32 Å². The van der Waals surface area contributed by atoms with Crippen molar-refractivity contribution in [1.29, 1.82) is 0 Å². The highest BCUT2D eigenvalue weighted by molar-refractivity contribution is 7.17. The maximum Gasteiger partial charge on any atom is 0.347 e. The third-order valence-electron chi connectivity index (χ3n) is 1.62. The molecule has 0 aromatic carbocycles. The van der Waals surface area contributed by atoms with Crippen LogP contribution in [0.4, 0.5) is 10.9 Å². The highest BCUT2D eigenvalue weighted by Gasteiger charge is 2.08. The Kier molecular flexibility index (Phi) is 2.59. The van der Waals surface area contributed by atoms with Gasteiger partial charge in [-0.3, -0.25) is 0 Å². The van der Waals surface area contributed by atoms with E-state index in [2.05, 4.69) is 15.3 Å². The number of pyridine rings is 1. The molecule has 0 aliphatic rings. The van der Waals surface area contributed by atoms with Gasteiger partial charge in [-0.15, -0.1) is 0 Å². The summed E-state index contributed by atoms with van der Waals surface area (Å²) < 4.78 is 0. The largest absolute Gasteiger partial charge is 0.477 e. The van der Waals surface area contributed by atoms with E-state index in [4.69, 9.17) is 5.11 Å². The van der Waals surface area contributed by atoms with Gasteiger partial charge in [0.15, 0.2) is 5.13 Å². The van der Waals surface area contributed by atoms with Crippen molar-refractivity contribution in [3.05, 3.63) is 35.5 Å². The van der Waals surface area contributed by atoms with E-state index in [1.54, 1.807) is 18.3 Å². The molecule has 76 valence electrons. The molecular weight excluding hydrogens is 214 g/mol. The summed E-state index contributed by atoms with van der Waals surface area (Å²) >= 11 is 1.07. The van der Waals surface area contributed by atoms with Crippen LogP contribution in [0.5, 0.6) is 0 Å². The molecule has 2 N–H and O–H groups in total. The first-order valence-corrected chi connectivity index (χ1v) is 4.94. The van der Waals surface area contributed by atoms with Gasteiger partial charge in [-0.05, 0) is 12.1 Å². The second kappa shape index (κ2) is 4.05. The van der Waals surface area contributed by atoms with Crippen molar-refractivity contribution in [3.8, 4) is 0 Å². The molecule has 0 unspecified atom stereocenters. The van der Waals surface area contributed by atoms with E-state index in [1.807, 2.05) is 6.07 Å².